The third-order valence-corrected chi connectivity index (χ3v) is 6.48. The fourth-order valence-electron chi connectivity index (χ4n) is 3.10. The van der Waals surface area contributed by atoms with Gasteiger partial charge in [-0.3, -0.25) is 9.48 Å². The molecule has 174 valence electrons. The third kappa shape index (κ3) is 5.70. The van der Waals surface area contributed by atoms with Gasteiger partial charge in [0, 0.05) is 30.9 Å². The molecule has 0 aliphatic carbocycles. The van der Waals surface area contributed by atoms with Crippen LogP contribution in [0.3, 0.4) is 0 Å². The van der Waals surface area contributed by atoms with E-state index in [-0.39, 0.29) is 16.6 Å². The van der Waals surface area contributed by atoms with Crippen LogP contribution in [-0.4, -0.2) is 52.9 Å². The molecule has 8 nitrogen and oxygen atoms in total. The van der Waals surface area contributed by atoms with Crippen molar-refractivity contribution in [2.45, 2.75) is 20.4 Å². The minimum Gasteiger partial charge on any atom is -0.465 e. The summed E-state index contributed by atoms with van der Waals surface area (Å²) in [5.74, 6) is -0.197. The molecule has 3 rings (SSSR count). The van der Waals surface area contributed by atoms with E-state index in [1.807, 2.05) is 41.9 Å². The average molecular weight is 506 g/mol. The van der Waals surface area contributed by atoms with E-state index in [4.69, 9.17) is 28.6 Å². The van der Waals surface area contributed by atoms with E-state index in [1.54, 1.807) is 21.0 Å². The molecule has 0 spiro atoms. The number of halogens is 1. The highest BCUT2D eigenvalue weighted by Gasteiger charge is 2.26. The van der Waals surface area contributed by atoms with Crippen LogP contribution < -0.4 is 10.6 Å². The number of anilines is 2. The number of rotatable bonds is 6. The molecule has 0 radical (unpaired) electrons. The minimum absolute atomic E-state index is 0.203. The number of benzene rings is 1. The fraction of sp³-hybridized carbons (Fsp3) is 0.273. The molecule has 1 aromatic carbocycles. The number of thiophene rings is 1. The van der Waals surface area contributed by atoms with Crippen LogP contribution in [0.2, 0.25) is 5.02 Å². The predicted molar refractivity (Wildman–Crippen MR) is 136 cm³/mol. The standard InChI is InChI=1S/C22H24ClN5O3S2/c1-12-10-16(26-28(12)11-14-6-8-15(23)9-7-14)24-22(32)25-19-17(21(30)31-5)13(2)18(33-19)20(29)27(3)4/h6-10H,11H2,1-5H3,(H2,24,25,26,32). The number of hydrogen-bond acceptors (Lipinski definition) is 6. The molecule has 0 aliphatic rings. The maximum atomic E-state index is 12.5. The fourth-order valence-corrected chi connectivity index (χ4v) is 4.72. The molecule has 2 heterocycles. The SMILES string of the molecule is COC(=O)c1c(NC(=S)Nc2cc(C)n(Cc3ccc(Cl)cc3)n2)sc(C(=O)N(C)C)c1C. The molecule has 0 aliphatic heterocycles. The third-order valence-electron chi connectivity index (χ3n) is 4.83. The summed E-state index contributed by atoms with van der Waals surface area (Å²) in [5.41, 5.74) is 2.82. The van der Waals surface area contributed by atoms with Crippen LogP contribution in [0.4, 0.5) is 10.8 Å². The van der Waals surface area contributed by atoms with Gasteiger partial charge < -0.3 is 20.3 Å². The number of carbonyl (C=O) groups excluding carboxylic acids is 2. The topological polar surface area (TPSA) is 88.5 Å². The smallest absolute Gasteiger partial charge is 0.341 e. The van der Waals surface area contributed by atoms with Crippen LogP contribution in [0.25, 0.3) is 0 Å². The molecule has 2 N–H and O–H groups in total. The van der Waals surface area contributed by atoms with E-state index in [2.05, 4.69) is 15.7 Å². The highest BCUT2D eigenvalue weighted by molar-refractivity contribution is 7.80. The monoisotopic (exact) mass is 505 g/mol. The van der Waals surface area contributed by atoms with Crippen molar-refractivity contribution >= 4 is 63.0 Å². The van der Waals surface area contributed by atoms with Crippen molar-refractivity contribution < 1.29 is 14.3 Å². The Labute approximate surface area is 206 Å². The Kier molecular flexibility index (Phi) is 7.72. The van der Waals surface area contributed by atoms with Crippen LogP contribution in [0.15, 0.2) is 30.3 Å². The molecule has 0 fully saturated rings. The second-order valence-electron chi connectivity index (χ2n) is 7.49. The Bertz CT molecular complexity index is 1200. The van der Waals surface area contributed by atoms with E-state index in [0.717, 1.165) is 22.6 Å². The van der Waals surface area contributed by atoms with Crippen LogP contribution in [-0.2, 0) is 11.3 Å². The van der Waals surface area contributed by atoms with Gasteiger partial charge in [-0.15, -0.1) is 11.3 Å². The van der Waals surface area contributed by atoms with Gasteiger partial charge in [0.15, 0.2) is 10.9 Å². The Morgan fingerprint density at radius 1 is 1.21 bits per heavy atom. The van der Waals surface area contributed by atoms with E-state index in [1.165, 1.54) is 12.0 Å². The quantitative estimate of drug-likeness (QED) is 0.375. The van der Waals surface area contributed by atoms with Crippen molar-refractivity contribution in [1.82, 2.24) is 14.7 Å². The second kappa shape index (κ2) is 10.3. The first kappa shape index (κ1) is 24.7. The highest BCUT2D eigenvalue weighted by atomic mass is 35.5. The molecular formula is C22H24ClN5O3S2. The number of aromatic nitrogens is 2. The summed E-state index contributed by atoms with van der Waals surface area (Å²) in [5, 5.41) is 12.0. The normalized spacial score (nSPS) is 10.6. The molecule has 1 amide bonds. The summed E-state index contributed by atoms with van der Waals surface area (Å²) >= 11 is 12.5. The van der Waals surface area contributed by atoms with Crippen LogP contribution in [0, 0.1) is 13.8 Å². The lowest BCUT2D eigenvalue weighted by atomic mass is 10.1. The van der Waals surface area contributed by atoms with Crippen LogP contribution in [0.5, 0.6) is 0 Å². The maximum absolute atomic E-state index is 12.5. The number of thiocarbonyl (C=S) groups is 1. The number of methoxy groups -OCH3 is 1. The van der Waals surface area contributed by atoms with Crippen molar-refractivity contribution in [3.05, 3.63) is 62.6 Å². The van der Waals surface area contributed by atoms with Gasteiger partial charge in [-0.1, -0.05) is 23.7 Å². The zero-order valence-corrected chi connectivity index (χ0v) is 21.2. The summed E-state index contributed by atoms with van der Waals surface area (Å²) < 4.78 is 6.75. The van der Waals surface area contributed by atoms with Gasteiger partial charge in [-0.2, -0.15) is 5.10 Å². The first-order valence-electron chi connectivity index (χ1n) is 9.91. The molecule has 3 aromatic rings. The Morgan fingerprint density at radius 2 is 1.88 bits per heavy atom. The molecule has 2 aromatic heterocycles. The number of hydrogen-bond donors (Lipinski definition) is 2. The Hall–Kier alpha value is -2.95. The maximum Gasteiger partial charge on any atom is 0.341 e. The number of nitrogens with zero attached hydrogens (tertiary/aromatic N) is 3. The second-order valence-corrected chi connectivity index (χ2v) is 9.35. The summed E-state index contributed by atoms with van der Waals surface area (Å²) in [7, 11) is 4.60. The number of esters is 1. The van der Waals surface area contributed by atoms with Crippen molar-refractivity contribution in [3.63, 3.8) is 0 Å². The molecule has 11 heteroatoms. The van der Waals surface area contributed by atoms with Gasteiger partial charge in [-0.25, -0.2) is 4.79 Å². The Morgan fingerprint density at radius 3 is 2.48 bits per heavy atom. The molecular weight excluding hydrogens is 482 g/mol. The molecule has 33 heavy (non-hydrogen) atoms. The van der Waals surface area contributed by atoms with Crippen molar-refractivity contribution in [1.29, 1.82) is 0 Å². The number of nitrogens with one attached hydrogen (secondary N) is 2. The largest absolute Gasteiger partial charge is 0.465 e. The minimum atomic E-state index is -0.546. The summed E-state index contributed by atoms with van der Waals surface area (Å²) in [4.78, 5) is 26.8. The lowest BCUT2D eigenvalue weighted by Crippen LogP contribution is -2.21. The van der Waals surface area contributed by atoms with Gasteiger partial charge in [0.25, 0.3) is 5.91 Å². The van der Waals surface area contributed by atoms with Crippen LogP contribution in [0.1, 0.15) is 36.9 Å². The summed E-state index contributed by atoms with van der Waals surface area (Å²) in [6.45, 7) is 4.24. The number of ether oxygens (including phenoxy) is 1. The number of carbonyl (C=O) groups is 2. The van der Waals surface area contributed by atoms with E-state index in [9.17, 15) is 9.59 Å². The molecule has 0 bridgehead atoms. The van der Waals surface area contributed by atoms with Crippen molar-refractivity contribution in [3.8, 4) is 0 Å². The number of aryl methyl sites for hydroxylation is 1. The van der Waals surface area contributed by atoms with Gasteiger partial charge in [0.1, 0.15) is 5.00 Å². The van der Waals surface area contributed by atoms with Gasteiger partial charge in [0.05, 0.1) is 24.1 Å². The first-order chi connectivity index (χ1) is 15.6. The molecule has 0 atom stereocenters. The van der Waals surface area contributed by atoms with Gasteiger partial charge in [0.2, 0.25) is 0 Å². The Balaban J connectivity index is 1.78. The molecule has 0 saturated carbocycles. The van der Waals surface area contributed by atoms with E-state index >= 15 is 0 Å². The van der Waals surface area contributed by atoms with Crippen LogP contribution >= 0.6 is 35.2 Å². The average Bonchev–Trinajstić information content (AvgIpc) is 3.26. The van der Waals surface area contributed by atoms with Gasteiger partial charge in [-0.05, 0) is 49.3 Å². The number of amides is 1. The summed E-state index contributed by atoms with van der Waals surface area (Å²) in [6, 6.07) is 9.44. The zero-order chi connectivity index (χ0) is 24.3. The molecule has 0 unspecified atom stereocenters. The van der Waals surface area contributed by atoms with Crippen molar-refractivity contribution in [2.75, 3.05) is 31.8 Å². The van der Waals surface area contributed by atoms with Gasteiger partial charge >= 0.3 is 5.97 Å². The summed E-state index contributed by atoms with van der Waals surface area (Å²) in [6.07, 6.45) is 0. The van der Waals surface area contributed by atoms with Crippen molar-refractivity contribution in [2.24, 2.45) is 0 Å². The van der Waals surface area contributed by atoms with E-state index < -0.39 is 5.97 Å². The lowest BCUT2D eigenvalue weighted by molar-refractivity contribution is 0.0601. The van der Waals surface area contributed by atoms with E-state index in [0.29, 0.717) is 32.8 Å². The predicted octanol–water partition coefficient (Wildman–Crippen LogP) is 4.56. The molecule has 0 saturated heterocycles. The zero-order valence-electron chi connectivity index (χ0n) is 18.9. The lowest BCUT2D eigenvalue weighted by Gasteiger charge is -2.09. The first-order valence-corrected chi connectivity index (χ1v) is 11.5. The highest BCUT2D eigenvalue weighted by Crippen LogP contribution is 2.34.